The summed E-state index contributed by atoms with van der Waals surface area (Å²) < 4.78 is 12.9. The summed E-state index contributed by atoms with van der Waals surface area (Å²) in [7, 11) is 0. The Morgan fingerprint density at radius 2 is 2.12 bits per heavy atom. The van der Waals surface area contributed by atoms with Crippen LogP contribution in [0.3, 0.4) is 0 Å². The van der Waals surface area contributed by atoms with E-state index in [0.717, 1.165) is 18.5 Å². The van der Waals surface area contributed by atoms with Crippen LogP contribution >= 0.6 is 0 Å². The van der Waals surface area contributed by atoms with E-state index in [0.29, 0.717) is 6.54 Å². The summed E-state index contributed by atoms with van der Waals surface area (Å²) in [5, 5.41) is 12.2. The summed E-state index contributed by atoms with van der Waals surface area (Å²) in [6.45, 7) is 5.87. The van der Waals surface area contributed by atoms with E-state index in [-0.39, 0.29) is 17.8 Å². The average molecular weight is 225 g/mol. The van der Waals surface area contributed by atoms with Crippen molar-refractivity contribution in [2.75, 3.05) is 13.2 Å². The van der Waals surface area contributed by atoms with Crippen molar-refractivity contribution in [2.45, 2.75) is 26.8 Å². The highest BCUT2D eigenvalue weighted by atomic mass is 19.1. The molecule has 0 aliphatic carbocycles. The van der Waals surface area contributed by atoms with Gasteiger partial charge in [0.1, 0.15) is 5.82 Å². The maximum absolute atomic E-state index is 12.9. The SMILES string of the molecule is CC(C)(CCO)CNCc1cccc(F)c1. The lowest BCUT2D eigenvalue weighted by Gasteiger charge is -2.23. The van der Waals surface area contributed by atoms with Crippen molar-refractivity contribution in [3.05, 3.63) is 35.6 Å². The van der Waals surface area contributed by atoms with Crippen LogP contribution in [0.15, 0.2) is 24.3 Å². The summed E-state index contributed by atoms with van der Waals surface area (Å²) >= 11 is 0. The lowest BCUT2D eigenvalue weighted by Crippen LogP contribution is -2.29. The third-order valence-electron chi connectivity index (χ3n) is 2.61. The van der Waals surface area contributed by atoms with Crippen LogP contribution in [0.5, 0.6) is 0 Å². The summed E-state index contributed by atoms with van der Waals surface area (Å²) in [4.78, 5) is 0. The fourth-order valence-electron chi connectivity index (χ4n) is 1.58. The molecule has 0 amide bonds. The summed E-state index contributed by atoms with van der Waals surface area (Å²) in [5.41, 5.74) is 1.02. The van der Waals surface area contributed by atoms with Crippen LogP contribution in [0.2, 0.25) is 0 Å². The highest BCUT2D eigenvalue weighted by Gasteiger charge is 2.16. The third-order valence-corrected chi connectivity index (χ3v) is 2.61. The summed E-state index contributed by atoms with van der Waals surface area (Å²) in [5.74, 6) is -0.200. The second kappa shape index (κ2) is 5.97. The van der Waals surface area contributed by atoms with Crippen molar-refractivity contribution >= 4 is 0 Å². The second-order valence-corrected chi connectivity index (χ2v) is 4.87. The fourth-order valence-corrected chi connectivity index (χ4v) is 1.58. The first-order valence-electron chi connectivity index (χ1n) is 5.59. The van der Waals surface area contributed by atoms with Gasteiger partial charge in [0.2, 0.25) is 0 Å². The quantitative estimate of drug-likeness (QED) is 0.778. The predicted molar refractivity (Wildman–Crippen MR) is 63.6 cm³/mol. The van der Waals surface area contributed by atoms with Crippen LogP contribution in [0.25, 0.3) is 0 Å². The minimum Gasteiger partial charge on any atom is -0.396 e. The topological polar surface area (TPSA) is 32.3 Å². The number of benzene rings is 1. The van der Waals surface area contributed by atoms with E-state index in [1.807, 2.05) is 6.07 Å². The predicted octanol–water partition coefficient (Wildman–Crippen LogP) is 2.32. The van der Waals surface area contributed by atoms with Gasteiger partial charge in [-0.2, -0.15) is 0 Å². The molecule has 90 valence electrons. The normalized spacial score (nSPS) is 11.8. The number of hydrogen-bond acceptors (Lipinski definition) is 2. The van der Waals surface area contributed by atoms with Gasteiger partial charge < -0.3 is 10.4 Å². The Labute approximate surface area is 96.5 Å². The first-order chi connectivity index (χ1) is 7.53. The van der Waals surface area contributed by atoms with Crippen molar-refractivity contribution in [2.24, 2.45) is 5.41 Å². The van der Waals surface area contributed by atoms with Crippen LogP contribution in [-0.4, -0.2) is 18.3 Å². The fraction of sp³-hybridized carbons (Fsp3) is 0.538. The highest BCUT2D eigenvalue weighted by molar-refractivity contribution is 5.15. The molecule has 0 spiro atoms. The van der Waals surface area contributed by atoms with Gasteiger partial charge in [-0.05, 0) is 29.5 Å². The van der Waals surface area contributed by atoms with Gasteiger partial charge in [-0.15, -0.1) is 0 Å². The molecule has 1 aromatic rings. The molecular formula is C13H20FNO. The molecule has 16 heavy (non-hydrogen) atoms. The molecule has 0 aromatic heterocycles. The Morgan fingerprint density at radius 1 is 1.38 bits per heavy atom. The minimum absolute atomic E-state index is 0.0715. The maximum atomic E-state index is 12.9. The van der Waals surface area contributed by atoms with Crippen LogP contribution in [-0.2, 0) is 6.54 Å². The standard InChI is InChI=1S/C13H20FNO/c1-13(2,6-7-16)10-15-9-11-4-3-5-12(14)8-11/h3-5,8,15-16H,6-7,9-10H2,1-2H3. The van der Waals surface area contributed by atoms with Crippen molar-refractivity contribution in [1.29, 1.82) is 0 Å². The maximum Gasteiger partial charge on any atom is 0.123 e. The van der Waals surface area contributed by atoms with E-state index in [9.17, 15) is 4.39 Å². The summed E-state index contributed by atoms with van der Waals surface area (Å²) in [6.07, 6.45) is 0.767. The molecule has 1 aromatic carbocycles. The first-order valence-corrected chi connectivity index (χ1v) is 5.59. The smallest absolute Gasteiger partial charge is 0.123 e. The van der Waals surface area contributed by atoms with Gasteiger partial charge in [0.15, 0.2) is 0 Å². The van der Waals surface area contributed by atoms with Crippen molar-refractivity contribution in [1.82, 2.24) is 5.32 Å². The van der Waals surface area contributed by atoms with Crippen LogP contribution < -0.4 is 5.32 Å². The van der Waals surface area contributed by atoms with Gasteiger partial charge >= 0.3 is 0 Å². The van der Waals surface area contributed by atoms with Gasteiger partial charge in [0, 0.05) is 19.7 Å². The molecular weight excluding hydrogens is 205 g/mol. The number of hydrogen-bond donors (Lipinski definition) is 2. The van der Waals surface area contributed by atoms with Gasteiger partial charge in [-0.1, -0.05) is 26.0 Å². The summed E-state index contributed by atoms with van der Waals surface area (Å²) in [6, 6.07) is 6.59. The molecule has 1 rings (SSSR count). The minimum atomic E-state index is -0.200. The molecule has 2 N–H and O–H groups in total. The van der Waals surface area contributed by atoms with E-state index >= 15 is 0 Å². The molecule has 0 unspecified atom stereocenters. The van der Waals surface area contributed by atoms with E-state index < -0.39 is 0 Å². The lowest BCUT2D eigenvalue weighted by atomic mass is 9.90. The number of halogens is 1. The first kappa shape index (κ1) is 13.1. The molecule has 0 aliphatic heterocycles. The van der Waals surface area contributed by atoms with Crippen LogP contribution in [0.1, 0.15) is 25.8 Å². The van der Waals surface area contributed by atoms with E-state index in [1.54, 1.807) is 6.07 Å². The molecule has 0 bridgehead atoms. The second-order valence-electron chi connectivity index (χ2n) is 4.87. The Morgan fingerprint density at radius 3 is 2.75 bits per heavy atom. The zero-order chi connectivity index (χ0) is 12.0. The molecule has 0 radical (unpaired) electrons. The van der Waals surface area contributed by atoms with Crippen LogP contribution in [0, 0.1) is 11.2 Å². The highest BCUT2D eigenvalue weighted by Crippen LogP contribution is 2.18. The van der Waals surface area contributed by atoms with Crippen molar-refractivity contribution in [3.63, 3.8) is 0 Å². The van der Waals surface area contributed by atoms with E-state index in [4.69, 9.17) is 5.11 Å². The zero-order valence-corrected chi connectivity index (χ0v) is 9.96. The van der Waals surface area contributed by atoms with Gasteiger partial charge in [0.05, 0.1) is 0 Å². The molecule has 0 saturated carbocycles. The molecule has 0 fully saturated rings. The third kappa shape index (κ3) is 4.73. The average Bonchev–Trinajstić information content (AvgIpc) is 2.17. The molecule has 0 atom stereocenters. The number of aliphatic hydroxyl groups excluding tert-OH is 1. The Kier molecular flexibility index (Phi) is 4.90. The largest absolute Gasteiger partial charge is 0.396 e. The zero-order valence-electron chi connectivity index (χ0n) is 9.96. The number of aliphatic hydroxyl groups is 1. The molecule has 0 aliphatic rings. The molecule has 3 heteroatoms. The molecule has 0 heterocycles. The Bertz CT molecular complexity index is 325. The van der Waals surface area contributed by atoms with Gasteiger partial charge in [0.25, 0.3) is 0 Å². The van der Waals surface area contributed by atoms with E-state index in [2.05, 4.69) is 19.2 Å². The van der Waals surface area contributed by atoms with Crippen molar-refractivity contribution < 1.29 is 9.50 Å². The number of nitrogens with one attached hydrogen (secondary N) is 1. The van der Waals surface area contributed by atoms with E-state index in [1.165, 1.54) is 12.1 Å². The lowest BCUT2D eigenvalue weighted by molar-refractivity contribution is 0.207. The monoisotopic (exact) mass is 225 g/mol. The van der Waals surface area contributed by atoms with Crippen molar-refractivity contribution in [3.8, 4) is 0 Å². The molecule has 2 nitrogen and oxygen atoms in total. The number of rotatable bonds is 6. The Hall–Kier alpha value is -0.930. The molecule has 0 saturated heterocycles. The Balaban J connectivity index is 2.35. The van der Waals surface area contributed by atoms with Gasteiger partial charge in [-0.3, -0.25) is 0 Å². The van der Waals surface area contributed by atoms with Crippen LogP contribution in [0.4, 0.5) is 4.39 Å². The van der Waals surface area contributed by atoms with Gasteiger partial charge in [-0.25, -0.2) is 4.39 Å².